The molecule has 0 saturated heterocycles. The molecule has 31 heavy (non-hydrogen) atoms. The van der Waals surface area contributed by atoms with E-state index in [0.29, 0.717) is 12.4 Å². The maximum atomic E-state index is 6.37. The van der Waals surface area contributed by atoms with Gasteiger partial charge in [0.15, 0.2) is 5.82 Å². The third-order valence-corrected chi connectivity index (χ3v) is 7.08. The summed E-state index contributed by atoms with van der Waals surface area (Å²) in [6.45, 7) is 3.82. The molecule has 7 nitrogen and oxygen atoms in total. The molecule has 160 valence electrons. The summed E-state index contributed by atoms with van der Waals surface area (Å²) in [5.41, 5.74) is 8.77. The normalized spacial score (nSPS) is 16.2. The number of nitrogens with two attached hydrogens (primary N) is 1. The minimum atomic E-state index is 0.637. The van der Waals surface area contributed by atoms with Gasteiger partial charge < -0.3 is 5.73 Å². The Hall–Kier alpha value is -2.84. The first-order chi connectivity index (χ1) is 15.1. The van der Waals surface area contributed by atoms with Crippen molar-refractivity contribution in [2.24, 2.45) is 5.92 Å². The van der Waals surface area contributed by atoms with E-state index in [4.69, 9.17) is 10.7 Å². The van der Waals surface area contributed by atoms with E-state index in [-0.39, 0.29) is 0 Å². The van der Waals surface area contributed by atoms with Gasteiger partial charge in [0.05, 0.1) is 11.9 Å². The first-order valence-electron chi connectivity index (χ1n) is 10.8. The van der Waals surface area contributed by atoms with E-state index in [1.807, 2.05) is 30.3 Å². The average Bonchev–Trinajstić information content (AvgIpc) is 3.37. The summed E-state index contributed by atoms with van der Waals surface area (Å²) in [5.74, 6) is 3.75. The number of aryl methyl sites for hydroxylation is 1. The first kappa shape index (κ1) is 20.1. The molecule has 3 heterocycles. The summed E-state index contributed by atoms with van der Waals surface area (Å²) in [5, 5.41) is 8.48. The number of thiophene rings is 1. The van der Waals surface area contributed by atoms with Crippen molar-refractivity contribution in [3.05, 3.63) is 52.4 Å². The Morgan fingerprint density at radius 1 is 1.19 bits per heavy atom. The van der Waals surface area contributed by atoms with Crippen molar-refractivity contribution < 1.29 is 0 Å². The maximum Gasteiger partial charge on any atom is 0.181 e. The zero-order valence-electron chi connectivity index (χ0n) is 17.9. The highest BCUT2D eigenvalue weighted by molar-refractivity contribution is 7.19. The van der Waals surface area contributed by atoms with Gasteiger partial charge in [0.25, 0.3) is 0 Å². The molecule has 0 saturated carbocycles. The Morgan fingerprint density at radius 3 is 2.87 bits per heavy atom. The van der Waals surface area contributed by atoms with Crippen LogP contribution in [0.5, 0.6) is 0 Å². The molecule has 1 aromatic carbocycles. The van der Waals surface area contributed by atoms with Crippen LogP contribution in [0.15, 0.2) is 30.3 Å². The largest absolute Gasteiger partial charge is 0.383 e. The molecule has 0 spiro atoms. The predicted octanol–water partition coefficient (Wildman–Crippen LogP) is 3.86. The van der Waals surface area contributed by atoms with Crippen LogP contribution in [0.1, 0.15) is 35.4 Å². The van der Waals surface area contributed by atoms with Crippen molar-refractivity contribution in [3.8, 4) is 11.4 Å². The lowest BCUT2D eigenvalue weighted by Gasteiger charge is -2.17. The highest BCUT2D eigenvalue weighted by atomic mass is 32.1. The van der Waals surface area contributed by atoms with Crippen LogP contribution in [0.3, 0.4) is 0 Å². The monoisotopic (exact) mass is 433 g/mol. The minimum Gasteiger partial charge on any atom is -0.383 e. The first-order valence-corrected chi connectivity index (χ1v) is 11.6. The second-order valence-electron chi connectivity index (χ2n) is 8.52. The molecule has 4 aromatic rings. The maximum absolute atomic E-state index is 6.37. The molecule has 3 N–H and O–H groups in total. The van der Waals surface area contributed by atoms with Crippen LogP contribution in [-0.4, -0.2) is 43.6 Å². The molecule has 0 fully saturated rings. The molecule has 0 radical (unpaired) electrons. The number of benzene rings is 1. The van der Waals surface area contributed by atoms with Crippen molar-refractivity contribution in [2.45, 2.75) is 39.2 Å². The number of hydrogen-bond donors (Lipinski definition) is 2. The molecular formula is C23H27N7S. The van der Waals surface area contributed by atoms with E-state index < -0.39 is 0 Å². The quantitative estimate of drug-likeness (QED) is 0.479. The molecule has 1 atom stereocenters. The molecule has 1 unspecified atom stereocenters. The summed E-state index contributed by atoms with van der Waals surface area (Å²) in [6.07, 6.45) is 4.19. The van der Waals surface area contributed by atoms with E-state index in [2.05, 4.69) is 39.0 Å². The fourth-order valence-electron chi connectivity index (χ4n) is 4.24. The van der Waals surface area contributed by atoms with Gasteiger partial charge in [-0.05, 0) is 37.8 Å². The van der Waals surface area contributed by atoms with Crippen LogP contribution in [-0.2, 0) is 25.8 Å². The van der Waals surface area contributed by atoms with Crippen molar-refractivity contribution in [3.63, 3.8) is 0 Å². The second-order valence-corrected chi connectivity index (χ2v) is 9.60. The molecule has 1 aliphatic rings. The van der Waals surface area contributed by atoms with Gasteiger partial charge in [0, 0.05) is 23.4 Å². The summed E-state index contributed by atoms with van der Waals surface area (Å²) < 4.78 is 0. The second kappa shape index (κ2) is 8.36. The zero-order chi connectivity index (χ0) is 21.4. The summed E-state index contributed by atoms with van der Waals surface area (Å²) in [7, 11) is 2.07. The number of aromatic nitrogens is 5. The Morgan fingerprint density at radius 2 is 2.03 bits per heavy atom. The number of nitrogens with zero attached hydrogens (tertiary/aromatic N) is 5. The third kappa shape index (κ3) is 4.18. The lowest BCUT2D eigenvalue weighted by molar-refractivity contribution is 0.321. The molecule has 0 bridgehead atoms. The van der Waals surface area contributed by atoms with Gasteiger partial charge in [-0.2, -0.15) is 5.10 Å². The fourth-order valence-corrected chi connectivity index (χ4v) is 5.65. The van der Waals surface area contributed by atoms with Crippen molar-refractivity contribution >= 4 is 27.4 Å². The number of aromatic amines is 1. The Balaban J connectivity index is 1.25. The van der Waals surface area contributed by atoms with Crippen molar-refractivity contribution in [2.75, 3.05) is 19.3 Å². The number of likely N-dealkylation sites (N-methyl/N-ethyl adjacent to an activating group) is 1. The molecule has 1 aliphatic carbocycles. The van der Waals surface area contributed by atoms with Crippen LogP contribution in [0, 0.1) is 5.92 Å². The molecule has 3 aromatic heterocycles. The zero-order valence-corrected chi connectivity index (χ0v) is 18.7. The van der Waals surface area contributed by atoms with E-state index in [1.165, 1.54) is 16.9 Å². The molecular weight excluding hydrogens is 406 g/mol. The van der Waals surface area contributed by atoms with E-state index in [1.54, 1.807) is 11.3 Å². The van der Waals surface area contributed by atoms with Gasteiger partial charge in [-0.1, -0.05) is 37.3 Å². The van der Waals surface area contributed by atoms with Crippen LogP contribution in [0.2, 0.25) is 0 Å². The number of H-pyrrole nitrogens is 1. The number of anilines is 1. The van der Waals surface area contributed by atoms with E-state index >= 15 is 0 Å². The SMILES string of the molecule is CC1CCc2c(sc3nc(CCN(C)Cc4nc(-c5ccccc5)n[nH]4)nc(N)c23)C1. The van der Waals surface area contributed by atoms with Crippen LogP contribution in [0.25, 0.3) is 21.6 Å². The molecule has 5 rings (SSSR count). The van der Waals surface area contributed by atoms with Crippen LogP contribution < -0.4 is 5.73 Å². The Kier molecular flexibility index (Phi) is 5.41. The Bertz CT molecular complexity index is 1200. The predicted molar refractivity (Wildman–Crippen MR) is 125 cm³/mol. The van der Waals surface area contributed by atoms with Gasteiger partial charge in [-0.15, -0.1) is 11.3 Å². The van der Waals surface area contributed by atoms with E-state index in [0.717, 1.165) is 65.0 Å². The number of rotatable bonds is 6. The summed E-state index contributed by atoms with van der Waals surface area (Å²) in [4.78, 5) is 18.8. The number of nitrogen functional groups attached to an aromatic ring is 1. The highest BCUT2D eigenvalue weighted by Gasteiger charge is 2.23. The highest BCUT2D eigenvalue weighted by Crippen LogP contribution is 2.39. The molecule has 0 aliphatic heterocycles. The number of fused-ring (bicyclic) bond motifs is 3. The van der Waals surface area contributed by atoms with Gasteiger partial charge in [0.2, 0.25) is 0 Å². The van der Waals surface area contributed by atoms with Crippen molar-refractivity contribution in [1.82, 2.24) is 30.0 Å². The third-order valence-electron chi connectivity index (χ3n) is 5.93. The fraction of sp³-hybridized carbons (Fsp3) is 0.391. The minimum absolute atomic E-state index is 0.637. The smallest absolute Gasteiger partial charge is 0.181 e. The van der Waals surface area contributed by atoms with Gasteiger partial charge in [-0.3, -0.25) is 10.00 Å². The summed E-state index contributed by atoms with van der Waals surface area (Å²) in [6, 6.07) is 9.99. The van der Waals surface area contributed by atoms with E-state index in [9.17, 15) is 0 Å². The van der Waals surface area contributed by atoms with Crippen LogP contribution in [0.4, 0.5) is 5.82 Å². The van der Waals surface area contributed by atoms with Gasteiger partial charge in [-0.25, -0.2) is 15.0 Å². The van der Waals surface area contributed by atoms with Crippen molar-refractivity contribution in [1.29, 1.82) is 0 Å². The average molecular weight is 434 g/mol. The standard InChI is InChI=1S/C23H27N7S/c1-14-8-9-16-17(12-14)31-23-20(16)21(24)25-18(27-23)10-11-30(2)13-19-26-22(29-28-19)15-6-4-3-5-7-15/h3-7,14H,8-13H2,1-2H3,(H2,24,25,27)(H,26,28,29). The van der Waals surface area contributed by atoms with Crippen LogP contribution >= 0.6 is 11.3 Å². The lowest BCUT2D eigenvalue weighted by atomic mass is 9.89. The molecule has 0 amide bonds. The lowest BCUT2D eigenvalue weighted by Crippen LogP contribution is -2.22. The van der Waals surface area contributed by atoms with Gasteiger partial charge in [0.1, 0.15) is 22.3 Å². The number of nitrogens with one attached hydrogen (secondary N) is 1. The van der Waals surface area contributed by atoms with Gasteiger partial charge >= 0.3 is 0 Å². The molecule has 8 heteroatoms. The number of hydrogen-bond acceptors (Lipinski definition) is 7. The Labute approximate surface area is 185 Å². The summed E-state index contributed by atoms with van der Waals surface area (Å²) >= 11 is 1.80. The topological polar surface area (TPSA) is 96.6 Å².